The monoisotopic (exact) mass is 849 g/mol. The normalized spacial score (nSPS) is 11.8. The van der Waals surface area contributed by atoms with Crippen molar-refractivity contribution in [2.24, 2.45) is 0 Å². The number of rotatable bonds is 50. The lowest BCUT2D eigenvalue weighted by atomic mass is 10.0. The first-order valence-corrected chi connectivity index (χ1v) is 27.0. The predicted octanol–water partition coefficient (Wildman–Crippen LogP) is 17.6. The van der Waals surface area contributed by atoms with E-state index < -0.39 is 6.10 Å². The molecular weight excluding hydrogens is 745 g/mol. The van der Waals surface area contributed by atoms with E-state index in [2.05, 4.69) is 20.8 Å². The summed E-state index contributed by atoms with van der Waals surface area (Å²) in [5.74, 6) is -0.838. The van der Waals surface area contributed by atoms with E-state index in [9.17, 15) is 14.4 Å². The van der Waals surface area contributed by atoms with Crippen LogP contribution < -0.4 is 0 Å². The van der Waals surface area contributed by atoms with E-state index in [1.54, 1.807) is 0 Å². The van der Waals surface area contributed by atoms with Crippen LogP contribution in [0.25, 0.3) is 0 Å². The number of unbranched alkanes of at least 4 members (excludes halogenated alkanes) is 39. The van der Waals surface area contributed by atoms with Crippen LogP contribution in [0.2, 0.25) is 0 Å². The zero-order valence-corrected chi connectivity index (χ0v) is 40.8. The van der Waals surface area contributed by atoms with Crippen LogP contribution in [0.1, 0.15) is 310 Å². The molecule has 0 aromatic heterocycles. The van der Waals surface area contributed by atoms with Gasteiger partial charge in [-0.2, -0.15) is 0 Å². The number of carbonyl (C=O) groups excluding carboxylic acids is 3. The second-order valence-electron chi connectivity index (χ2n) is 18.5. The molecule has 1 atom stereocenters. The molecule has 0 bridgehead atoms. The highest BCUT2D eigenvalue weighted by Crippen LogP contribution is 2.17. The van der Waals surface area contributed by atoms with Gasteiger partial charge in [0.15, 0.2) is 6.10 Å². The molecule has 0 radical (unpaired) electrons. The van der Waals surface area contributed by atoms with Crippen LogP contribution in [0.5, 0.6) is 0 Å². The molecule has 0 aliphatic rings. The molecule has 0 aliphatic heterocycles. The minimum absolute atomic E-state index is 0.0616. The van der Waals surface area contributed by atoms with Gasteiger partial charge in [0.2, 0.25) is 0 Å². The van der Waals surface area contributed by atoms with E-state index in [0.717, 1.165) is 57.8 Å². The van der Waals surface area contributed by atoms with E-state index in [0.29, 0.717) is 19.3 Å². The van der Waals surface area contributed by atoms with Gasteiger partial charge in [-0.25, -0.2) is 0 Å². The zero-order valence-electron chi connectivity index (χ0n) is 40.8. The SMILES string of the molecule is CCCCCCCCCCCCCCCCCCC(=O)OCC(COC(=O)CCCCCCCCCCCCCCCCC)OC(=O)CCCCCCCCCCCCC. The molecular formula is C54H104O6. The largest absolute Gasteiger partial charge is 0.462 e. The number of hydrogen-bond acceptors (Lipinski definition) is 6. The van der Waals surface area contributed by atoms with Gasteiger partial charge in [0, 0.05) is 19.3 Å². The molecule has 0 aliphatic carbocycles. The van der Waals surface area contributed by atoms with Crippen LogP contribution in [0.4, 0.5) is 0 Å². The first-order chi connectivity index (χ1) is 29.5. The third-order valence-corrected chi connectivity index (χ3v) is 12.4. The Morgan fingerprint density at radius 2 is 0.450 bits per heavy atom. The van der Waals surface area contributed by atoms with Crippen LogP contribution in [-0.2, 0) is 28.6 Å². The number of hydrogen-bond donors (Lipinski definition) is 0. The molecule has 356 valence electrons. The predicted molar refractivity (Wildman–Crippen MR) is 257 cm³/mol. The van der Waals surface area contributed by atoms with Gasteiger partial charge in [-0.05, 0) is 19.3 Å². The third-order valence-electron chi connectivity index (χ3n) is 12.4. The van der Waals surface area contributed by atoms with E-state index in [1.807, 2.05) is 0 Å². The number of esters is 3. The average molecular weight is 849 g/mol. The maximum atomic E-state index is 12.8. The fourth-order valence-electron chi connectivity index (χ4n) is 8.27. The second-order valence-corrected chi connectivity index (χ2v) is 18.5. The smallest absolute Gasteiger partial charge is 0.306 e. The Kier molecular flexibility index (Phi) is 48.7. The summed E-state index contributed by atoms with van der Waals surface area (Å²) in [6.07, 6.45) is 53.7. The summed E-state index contributed by atoms with van der Waals surface area (Å²) in [6, 6.07) is 0. The topological polar surface area (TPSA) is 78.9 Å². The van der Waals surface area contributed by atoms with E-state index in [-0.39, 0.29) is 31.1 Å². The molecule has 0 N–H and O–H groups in total. The number of ether oxygens (including phenoxy) is 3. The summed E-state index contributed by atoms with van der Waals surface area (Å²) in [5.41, 5.74) is 0. The highest BCUT2D eigenvalue weighted by molar-refractivity contribution is 5.71. The van der Waals surface area contributed by atoms with Crippen molar-refractivity contribution in [2.45, 2.75) is 316 Å². The van der Waals surface area contributed by atoms with Crippen LogP contribution in [0.15, 0.2) is 0 Å². The fraction of sp³-hybridized carbons (Fsp3) is 0.944. The molecule has 0 aromatic carbocycles. The second kappa shape index (κ2) is 50.1. The van der Waals surface area contributed by atoms with Crippen molar-refractivity contribution in [3.05, 3.63) is 0 Å². The summed E-state index contributed by atoms with van der Waals surface area (Å²) in [5, 5.41) is 0. The van der Waals surface area contributed by atoms with Crippen molar-refractivity contribution in [1.29, 1.82) is 0 Å². The maximum Gasteiger partial charge on any atom is 0.306 e. The van der Waals surface area contributed by atoms with Gasteiger partial charge in [-0.1, -0.05) is 271 Å². The summed E-state index contributed by atoms with van der Waals surface area (Å²) < 4.78 is 16.8. The van der Waals surface area contributed by atoms with Crippen molar-refractivity contribution in [3.8, 4) is 0 Å². The molecule has 0 rings (SSSR count). The molecule has 1 unspecified atom stereocenters. The first-order valence-electron chi connectivity index (χ1n) is 27.0. The molecule has 0 spiro atoms. The zero-order chi connectivity index (χ0) is 43.7. The molecule has 6 nitrogen and oxygen atoms in total. The van der Waals surface area contributed by atoms with Crippen LogP contribution >= 0.6 is 0 Å². The van der Waals surface area contributed by atoms with Crippen molar-refractivity contribution >= 4 is 17.9 Å². The molecule has 0 saturated heterocycles. The minimum Gasteiger partial charge on any atom is -0.462 e. The van der Waals surface area contributed by atoms with Crippen molar-refractivity contribution in [1.82, 2.24) is 0 Å². The van der Waals surface area contributed by atoms with Gasteiger partial charge in [-0.3, -0.25) is 14.4 Å². The minimum atomic E-state index is -0.759. The molecule has 0 saturated carbocycles. The quantitative estimate of drug-likeness (QED) is 0.0345. The summed E-state index contributed by atoms with van der Waals surface area (Å²) in [6.45, 7) is 6.69. The van der Waals surface area contributed by atoms with E-state index in [4.69, 9.17) is 14.2 Å². The highest BCUT2D eigenvalue weighted by atomic mass is 16.6. The van der Waals surface area contributed by atoms with E-state index >= 15 is 0 Å². The fourth-order valence-corrected chi connectivity index (χ4v) is 8.27. The van der Waals surface area contributed by atoms with Gasteiger partial charge in [0.25, 0.3) is 0 Å². The van der Waals surface area contributed by atoms with E-state index in [1.165, 1.54) is 212 Å². The molecule has 0 amide bonds. The molecule has 60 heavy (non-hydrogen) atoms. The van der Waals surface area contributed by atoms with Crippen LogP contribution in [-0.4, -0.2) is 37.2 Å². The van der Waals surface area contributed by atoms with Crippen molar-refractivity contribution in [2.75, 3.05) is 13.2 Å². The average Bonchev–Trinajstić information content (AvgIpc) is 3.24. The first kappa shape index (κ1) is 58.4. The van der Waals surface area contributed by atoms with Crippen LogP contribution in [0.3, 0.4) is 0 Å². The van der Waals surface area contributed by atoms with Gasteiger partial charge in [-0.15, -0.1) is 0 Å². The molecule has 0 heterocycles. The Morgan fingerprint density at radius 1 is 0.267 bits per heavy atom. The standard InChI is InChI=1S/C54H104O6/c1-4-7-10-13-16-19-22-24-26-28-30-33-35-38-41-44-47-53(56)59-50-51(60-54(57)48-45-42-39-36-31-21-18-15-12-9-6-3)49-58-52(55)46-43-40-37-34-32-29-27-25-23-20-17-14-11-8-5-2/h51H,4-50H2,1-3H3. The Bertz CT molecular complexity index is 889. The molecule has 0 fully saturated rings. The lowest BCUT2D eigenvalue weighted by molar-refractivity contribution is -0.167. The van der Waals surface area contributed by atoms with Gasteiger partial charge < -0.3 is 14.2 Å². The third kappa shape index (κ3) is 47.5. The lowest BCUT2D eigenvalue weighted by Crippen LogP contribution is -2.30. The summed E-state index contributed by atoms with van der Waals surface area (Å²) in [7, 11) is 0. The van der Waals surface area contributed by atoms with Crippen molar-refractivity contribution in [3.63, 3.8) is 0 Å². The van der Waals surface area contributed by atoms with Gasteiger partial charge >= 0.3 is 17.9 Å². The number of carbonyl (C=O) groups is 3. The van der Waals surface area contributed by atoms with Gasteiger partial charge in [0.05, 0.1) is 0 Å². The Morgan fingerprint density at radius 3 is 0.667 bits per heavy atom. The maximum absolute atomic E-state index is 12.8. The summed E-state index contributed by atoms with van der Waals surface area (Å²) >= 11 is 0. The highest BCUT2D eigenvalue weighted by Gasteiger charge is 2.19. The Hall–Kier alpha value is -1.59. The summed E-state index contributed by atoms with van der Waals surface area (Å²) in [4.78, 5) is 38.0. The van der Waals surface area contributed by atoms with Gasteiger partial charge in [0.1, 0.15) is 13.2 Å². The molecule has 0 aromatic rings. The Balaban J connectivity index is 4.26. The lowest BCUT2D eigenvalue weighted by Gasteiger charge is -2.18. The van der Waals surface area contributed by atoms with Crippen molar-refractivity contribution < 1.29 is 28.6 Å². The van der Waals surface area contributed by atoms with Crippen LogP contribution in [0, 0.1) is 0 Å². The molecule has 6 heteroatoms. The Labute approximate surface area is 374 Å².